The van der Waals surface area contributed by atoms with E-state index >= 15 is 0 Å². The Morgan fingerprint density at radius 3 is 2.55 bits per heavy atom. The first-order valence-electron chi connectivity index (χ1n) is 13.8. The van der Waals surface area contributed by atoms with Gasteiger partial charge >= 0.3 is 5.97 Å². The van der Waals surface area contributed by atoms with Gasteiger partial charge in [0.2, 0.25) is 0 Å². The summed E-state index contributed by atoms with van der Waals surface area (Å²) in [5, 5.41) is 19.0. The molecule has 0 spiro atoms. The van der Waals surface area contributed by atoms with Gasteiger partial charge in [0.15, 0.2) is 12.4 Å². The number of hydrogen-bond acceptors (Lipinski definition) is 8. The molecule has 1 saturated carbocycles. The minimum atomic E-state index is -0.475. The lowest BCUT2D eigenvalue weighted by Gasteiger charge is -2.29. The van der Waals surface area contributed by atoms with E-state index in [9.17, 15) is 14.7 Å². The van der Waals surface area contributed by atoms with Gasteiger partial charge in [0.1, 0.15) is 17.3 Å². The van der Waals surface area contributed by atoms with E-state index in [2.05, 4.69) is 6.07 Å². The molecule has 40 heavy (non-hydrogen) atoms. The van der Waals surface area contributed by atoms with Crippen LogP contribution in [0.1, 0.15) is 85.7 Å². The van der Waals surface area contributed by atoms with Gasteiger partial charge in [0, 0.05) is 47.9 Å². The molecule has 2 aliphatic heterocycles. The number of carbonyl (C=O) groups is 2. The molecule has 0 bridgehead atoms. The van der Waals surface area contributed by atoms with Crippen molar-refractivity contribution in [3.05, 3.63) is 52.3 Å². The van der Waals surface area contributed by atoms with Crippen molar-refractivity contribution in [2.75, 3.05) is 37.7 Å². The van der Waals surface area contributed by atoms with Crippen LogP contribution in [0, 0.1) is 5.41 Å². The Hall–Kier alpha value is -3.17. The molecule has 3 aliphatic rings. The number of pyridine rings is 1. The van der Waals surface area contributed by atoms with Crippen molar-refractivity contribution in [2.45, 2.75) is 70.9 Å². The number of carbonyl (C=O) groups excluding carboxylic acids is 2. The summed E-state index contributed by atoms with van der Waals surface area (Å²) >= 11 is 0. The highest BCUT2D eigenvalue weighted by atomic mass is 35.5. The highest BCUT2D eigenvalue weighted by Crippen LogP contribution is 2.42. The number of fused-ring (bicyclic) bond motifs is 1. The van der Waals surface area contributed by atoms with Crippen LogP contribution in [0.4, 0.5) is 5.69 Å². The number of anilines is 1. The monoisotopic (exact) mass is 570 g/mol. The van der Waals surface area contributed by atoms with E-state index in [0.29, 0.717) is 54.7 Å². The molecule has 0 radical (unpaired) electrons. The van der Waals surface area contributed by atoms with Crippen LogP contribution in [0.15, 0.2) is 24.3 Å². The van der Waals surface area contributed by atoms with Crippen LogP contribution in [0.3, 0.4) is 0 Å². The number of halogens is 1. The van der Waals surface area contributed by atoms with E-state index in [-0.39, 0.29) is 43.8 Å². The molecule has 1 atom stereocenters. The zero-order chi connectivity index (χ0) is 27.9. The molecular weight excluding hydrogens is 532 g/mol. The maximum Gasteiger partial charge on any atom is 0.344 e. The minimum absolute atomic E-state index is 0. The van der Waals surface area contributed by atoms with Gasteiger partial charge in [-0.2, -0.15) is 0 Å². The molecule has 9 nitrogen and oxygen atoms in total. The zero-order valence-corrected chi connectivity index (χ0v) is 24.5. The number of aliphatic hydroxyl groups excluding tert-OH is 1. The average Bonchev–Trinajstić information content (AvgIpc) is 3.58. The number of β-amino-alcohol motifs (C(OH)–C–C–N with tert-alkyl or cyclic N) is 1. The Balaban J connectivity index is 0.00000370. The van der Waals surface area contributed by atoms with Gasteiger partial charge in [-0.05, 0) is 49.8 Å². The van der Waals surface area contributed by atoms with Crippen molar-refractivity contribution < 1.29 is 24.2 Å². The van der Waals surface area contributed by atoms with Crippen LogP contribution < -0.4 is 9.64 Å². The minimum Gasteiger partial charge on any atom is -0.479 e. The molecule has 3 heterocycles. The Morgan fingerprint density at radius 1 is 1.18 bits per heavy atom. The molecule has 2 fully saturated rings. The van der Waals surface area contributed by atoms with Crippen molar-refractivity contribution in [2.24, 2.45) is 0 Å². The number of esters is 1. The average molecular weight is 571 g/mol. The number of rotatable bonds is 9. The largest absolute Gasteiger partial charge is 0.479 e. The molecule has 1 saturated heterocycles. The van der Waals surface area contributed by atoms with Crippen molar-refractivity contribution in [3.8, 4) is 5.75 Å². The van der Waals surface area contributed by atoms with Gasteiger partial charge in [0.05, 0.1) is 24.9 Å². The Morgan fingerprint density at radius 2 is 1.93 bits per heavy atom. The molecule has 10 heteroatoms. The number of Topliss-reactive ketones (excluding diaryl/α,β-unsaturated/α-hetero) is 1. The Bertz CT molecular complexity index is 1300. The number of ketones is 1. The SMILES string of the molecule is CCOC(=O)COc1c(N2CCC(O)C2)cc(C(=O)CN2Cc3ccc(C4CC4)nc3C2=N)cc1C(C)(C)C.Cl. The van der Waals surface area contributed by atoms with Gasteiger partial charge in [-0.1, -0.05) is 26.8 Å². The summed E-state index contributed by atoms with van der Waals surface area (Å²) in [6.45, 7) is 9.43. The molecule has 1 unspecified atom stereocenters. The highest BCUT2D eigenvalue weighted by molar-refractivity contribution is 6.05. The van der Waals surface area contributed by atoms with Crippen LogP contribution >= 0.6 is 12.4 Å². The first-order chi connectivity index (χ1) is 18.5. The Labute approximate surface area is 241 Å². The van der Waals surface area contributed by atoms with Crippen molar-refractivity contribution >= 4 is 35.7 Å². The van der Waals surface area contributed by atoms with Crippen LogP contribution in [-0.4, -0.2) is 71.5 Å². The molecule has 1 aliphatic carbocycles. The van der Waals surface area contributed by atoms with Crippen LogP contribution in [0.25, 0.3) is 0 Å². The van der Waals surface area contributed by atoms with E-state index in [4.69, 9.17) is 19.9 Å². The quantitative estimate of drug-likeness (QED) is 0.340. The fraction of sp³-hybridized carbons (Fsp3) is 0.533. The summed E-state index contributed by atoms with van der Waals surface area (Å²) in [5.41, 5.74) is 4.28. The fourth-order valence-electron chi connectivity index (χ4n) is 5.29. The molecule has 2 aromatic rings. The van der Waals surface area contributed by atoms with Crippen LogP contribution in [0.5, 0.6) is 5.75 Å². The lowest BCUT2D eigenvalue weighted by molar-refractivity contribution is -0.145. The molecule has 5 rings (SSSR count). The van der Waals surface area contributed by atoms with Crippen LogP contribution in [0.2, 0.25) is 0 Å². The third kappa shape index (κ3) is 6.25. The standard InChI is InChI=1S/C30H38N4O5.ClH/c1-5-38-26(37)17-39-28-22(30(2,3)4)12-20(13-24(28)33-11-10-21(35)15-33)25(36)16-34-14-19-8-9-23(18-6-7-18)32-27(19)29(34)31;/h8-9,12-13,18,21,31,35H,5-7,10-11,14-17H2,1-4H3;1H. The topological polar surface area (TPSA) is 116 Å². The van der Waals surface area contributed by atoms with E-state index in [1.54, 1.807) is 17.9 Å². The maximum absolute atomic E-state index is 13.7. The summed E-state index contributed by atoms with van der Waals surface area (Å²) in [7, 11) is 0. The second kappa shape index (κ2) is 11.7. The molecule has 2 N–H and O–H groups in total. The normalized spacial score (nSPS) is 18.4. The molecule has 0 amide bonds. The second-order valence-electron chi connectivity index (χ2n) is 11.8. The zero-order valence-electron chi connectivity index (χ0n) is 23.7. The smallest absolute Gasteiger partial charge is 0.344 e. The predicted molar refractivity (Wildman–Crippen MR) is 155 cm³/mol. The number of aromatic nitrogens is 1. The summed E-state index contributed by atoms with van der Waals surface area (Å²) in [6, 6.07) is 7.73. The van der Waals surface area contributed by atoms with Gasteiger partial charge in [-0.3, -0.25) is 10.2 Å². The number of ether oxygens (including phenoxy) is 2. The van der Waals surface area contributed by atoms with Gasteiger partial charge in [-0.15, -0.1) is 12.4 Å². The van der Waals surface area contributed by atoms with Gasteiger partial charge in [0.25, 0.3) is 0 Å². The number of nitrogens with one attached hydrogen (secondary N) is 1. The summed E-state index contributed by atoms with van der Waals surface area (Å²) in [5.74, 6) is 0.740. The number of amidine groups is 1. The van der Waals surface area contributed by atoms with Gasteiger partial charge in [-0.25, -0.2) is 9.78 Å². The third-order valence-electron chi connectivity index (χ3n) is 7.58. The molecular formula is C30H39ClN4O5. The number of hydrogen-bond donors (Lipinski definition) is 2. The molecule has 216 valence electrons. The van der Waals surface area contributed by atoms with Gasteiger partial charge < -0.3 is 24.4 Å². The predicted octanol–water partition coefficient (Wildman–Crippen LogP) is 4.22. The first kappa shape index (κ1) is 29.8. The lowest BCUT2D eigenvalue weighted by Crippen LogP contribution is -2.31. The summed E-state index contributed by atoms with van der Waals surface area (Å²) < 4.78 is 11.1. The maximum atomic E-state index is 13.7. The van der Waals surface area contributed by atoms with E-state index in [1.807, 2.05) is 37.8 Å². The number of benzene rings is 1. The summed E-state index contributed by atoms with van der Waals surface area (Å²) in [6.07, 6.45) is 2.43. The fourth-order valence-corrected chi connectivity index (χ4v) is 5.29. The van der Waals surface area contributed by atoms with E-state index in [1.165, 1.54) is 0 Å². The number of nitrogens with zero attached hydrogens (tertiary/aromatic N) is 3. The summed E-state index contributed by atoms with van der Waals surface area (Å²) in [4.78, 5) is 34.4. The highest BCUT2D eigenvalue weighted by Gasteiger charge is 2.33. The third-order valence-corrected chi connectivity index (χ3v) is 7.58. The van der Waals surface area contributed by atoms with Crippen molar-refractivity contribution in [3.63, 3.8) is 0 Å². The van der Waals surface area contributed by atoms with E-state index in [0.717, 1.165) is 29.7 Å². The molecule has 1 aromatic carbocycles. The van der Waals surface area contributed by atoms with Crippen molar-refractivity contribution in [1.29, 1.82) is 5.41 Å². The van der Waals surface area contributed by atoms with Crippen LogP contribution in [-0.2, 0) is 21.5 Å². The van der Waals surface area contributed by atoms with E-state index < -0.39 is 17.5 Å². The first-order valence-corrected chi connectivity index (χ1v) is 13.8. The lowest BCUT2D eigenvalue weighted by atomic mass is 9.84. The number of aliphatic hydroxyl groups is 1. The Kier molecular flexibility index (Phi) is 8.75. The second-order valence-corrected chi connectivity index (χ2v) is 11.8. The molecule has 1 aromatic heterocycles. The van der Waals surface area contributed by atoms with Crippen molar-refractivity contribution in [1.82, 2.24) is 9.88 Å².